The van der Waals surface area contributed by atoms with Gasteiger partial charge >= 0.3 is 6.18 Å². The van der Waals surface area contributed by atoms with Crippen LogP contribution in [0.1, 0.15) is 37.5 Å². The fourth-order valence-corrected chi connectivity index (χ4v) is 1.64. The highest BCUT2D eigenvalue weighted by atomic mass is 19.4. The number of nitrogens with zero attached hydrogens (tertiary/aromatic N) is 2. The van der Waals surface area contributed by atoms with Gasteiger partial charge in [0, 0.05) is 18.7 Å². The molecule has 0 radical (unpaired) electrons. The van der Waals surface area contributed by atoms with Gasteiger partial charge in [0.2, 0.25) is 0 Å². The molecule has 0 aromatic carbocycles. The number of hydrogen-bond acceptors (Lipinski definition) is 3. The molecule has 0 aliphatic heterocycles. The van der Waals surface area contributed by atoms with Gasteiger partial charge in [-0.05, 0) is 25.5 Å². The molecular formula is C13H20F3N3. The van der Waals surface area contributed by atoms with Crippen molar-refractivity contribution in [1.29, 1.82) is 0 Å². The second kappa shape index (κ2) is 6.84. The fourth-order valence-electron chi connectivity index (χ4n) is 1.64. The van der Waals surface area contributed by atoms with Crippen molar-refractivity contribution in [2.75, 3.05) is 6.54 Å². The average Bonchev–Trinajstić information content (AvgIpc) is 2.24. The molecule has 0 atom stereocenters. The quantitative estimate of drug-likeness (QED) is 0.867. The zero-order chi connectivity index (χ0) is 14.5. The summed E-state index contributed by atoms with van der Waals surface area (Å²) in [6, 6.07) is 1.80. The van der Waals surface area contributed by atoms with Gasteiger partial charge in [0.15, 0.2) is 0 Å². The Morgan fingerprint density at radius 1 is 1.26 bits per heavy atom. The minimum atomic E-state index is -4.16. The van der Waals surface area contributed by atoms with Gasteiger partial charge in [-0.1, -0.05) is 13.8 Å². The summed E-state index contributed by atoms with van der Waals surface area (Å²) in [5, 5.41) is 3.22. The monoisotopic (exact) mass is 275 g/mol. The van der Waals surface area contributed by atoms with Crippen LogP contribution in [-0.2, 0) is 13.0 Å². The lowest BCUT2D eigenvalue weighted by molar-refractivity contribution is -0.134. The van der Waals surface area contributed by atoms with Crippen LogP contribution in [0.3, 0.4) is 0 Å². The molecule has 0 aliphatic rings. The molecule has 0 bridgehead atoms. The van der Waals surface area contributed by atoms with E-state index in [0.717, 1.165) is 12.2 Å². The van der Waals surface area contributed by atoms with Crippen LogP contribution in [0.15, 0.2) is 6.07 Å². The number of halogens is 3. The predicted octanol–water partition coefficient (Wildman–Crippen LogP) is 3.03. The topological polar surface area (TPSA) is 37.8 Å². The Labute approximate surface area is 111 Å². The van der Waals surface area contributed by atoms with E-state index in [4.69, 9.17) is 0 Å². The molecule has 6 heteroatoms. The Bertz CT molecular complexity index is 403. The number of aryl methyl sites for hydroxylation is 2. The smallest absolute Gasteiger partial charge is 0.311 e. The Hall–Kier alpha value is -1.17. The molecule has 0 amide bonds. The van der Waals surface area contributed by atoms with E-state index in [1.165, 1.54) is 0 Å². The van der Waals surface area contributed by atoms with E-state index in [-0.39, 0.29) is 12.2 Å². The summed E-state index contributed by atoms with van der Waals surface area (Å²) >= 11 is 0. The summed E-state index contributed by atoms with van der Waals surface area (Å²) in [6.45, 7) is 7.35. The molecule has 0 fully saturated rings. The zero-order valence-corrected chi connectivity index (χ0v) is 11.5. The third-order valence-electron chi connectivity index (χ3n) is 2.44. The summed E-state index contributed by atoms with van der Waals surface area (Å²) in [5.41, 5.74) is 1.44. The van der Waals surface area contributed by atoms with Gasteiger partial charge < -0.3 is 5.32 Å². The third kappa shape index (κ3) is 7.10. The van der Waals surface area contributed by atoms with Gasteiger partial charge in [-0.15, -0.1) is 0 Å². The first-order valence-corrected chi connectivity index (χ1v) is 6.37. The lowest BCUT2D eigenvalue weighted by atomic mass is 10.2. The maximum atomic E-state index is 12.2. The van der Waals surface area contributed by atoms with E-state index in [9.17, 15) is 13.2 Å². The molecule has 108 valence electrons. The van der Waals surface area contributed by atoms with Crippen LogP contribution in [-0.4, -0.2) is 22.7 Å². The van der Waals surface area contributed by atoms with E-state index in [1.54, 1.807) is 13.0 Å². The van der Waals surface area contributed by atoms with Crippen LogP contribution in [0.2, 0.25) is 0 Å². The van der Waals surface area contributed by atoms with Gasteiger partial charge in [0.25, 0.3) is 0 Å². The highest BCUT2D eigenvalue weighted by Crippen LogP contribution is 2.21. The first-order chi connectivity index (χ1) is 8.76. The average molecular weight is 275 g/mol. The number of hydrogen-bond donors (Lipinski definition) is 1. The standard InChI is InChI=1S/C13H20F3N3/c1-9(2)7-17-8-11-6-10(3)18-12(19-11)4-5-13(14,15)16/h6,9,17H,4-5,7-8H2,1-3H3. The van der Waals surface area contributed by atoms with Crippen LogP contribution >= 0.6 is 0 Å². The first-order valence-electron chi connectivity index (χ1n) is 6.37. The highest BCUT2D eigenvalue weighted by Gasteiger charge is 2.27. The fraction of sp³-hybridized carbons (Fsp3) is 0.692. The van der Waals surface area contributed by atoms with Crippen LogP contribution in [0.5, 0.6) is 0 Å². The molecule has 1 heterocycles. The molecule has 0 unspecified atom stereocenters. The van der Waals surface area contributed by atoms with E-state index in [0.29, 0.717) is 18.2 Å². The van der Waals surface area contributed by atoms with Gasteiger partial charge in [-0.2, -0.15) is 13.2 Å². The molecule has 0 saturated carbocycles. The maximum Gasteiger partial charge on any atom is 0.389 e. The summed E-state index contributed by atoms with van der Waals surface area (Å²) in [4.78, 5) is 8.20. The summed E-state index contributed by atoms with van der Waals surface area (Å²) in [7, 11) is 0. The van der Waals surface area contributed by atoms with E-state index in [1.807, 2.05) is 0 Å². The number of rotatable bonds is 6. The van der Waals surface area contributed by atoms with Crippen LogP contribution in [0.25, 0.3) is 0 Å². The Morgan fingerprint density at radius 3 is 2.53 bits per heavy atom. The molecule has 3 nitrogen and oxygen atoms in total. The van der Waals surface area contributed by atoms with Crippen molar-refractivity contribution < 1.29 is 13.2 Å². The van der Waals surface area contributed by atoms with Crippen molar-refractivity contribution in [3.05, 3.63) is 23.3 Å². The molecule has 0 aliphatic carbocycles. The molecular weight excluding hydrogens is 255 g/mol. The summed E-state index contributed by atoms with van der Waals surface area (Å²) < 4.78 is 36.5. The number of alkyl halides is 3. The van der Waals surface area contributed by atoms with E-state index < -0.39 is 12.6 Å². The third-order valence-corrected chi connectivity index (χ3v) is 2.44. The molecule has 1 aromatic heterocycles. The lowest BCUT2D eigenvalue weighted by Gasteiger charge is -2.10. The second-order valence-electron chi connectivity index (χ2n) is 5.06. The van der Waals surface area contributed by atoms with Crippen LogP contribution in [0.4, 0.5) is 13.2 Å². The van der Waals surface area contributed by atoms with E-state index >= 15 is 0 Å². The molecule has 1 N–H and O–H groups in total. The van der Waals surface area contributed by atoms with Crippen molar-refractivity contribution in [3.8, 4) is 0 Å². The minimum Gasteiger partial charge on any atom is -0.311 e. The lowest BCUT2D eigenvalue weighted by Crippen LogP contribution is -2.20. The molecule has 1 aromatic rings. The van der Waals surface area contributed by atoms with Crippen LogP contribution < -0.4 is 5.32 Å². The summed E-state index contributed by atoms with van der Waals surface area (Å²) in [6.07, 6.45) is -5.21. The SMILES string of the molecule is Cc1cc(CNCC(C)C)nc(CCC(F)(F)F)n1. The molecule has 19 heavy (non-hydrogen) atoms. The summed E-state index contributed by atoms with van der Waals surface area (Å²) in [5.74, 6) is 0.784. The minimum absolute atomic E-state index is 0.164. The Balaban J connectivity index is 2.61. The van der Waals surface area contributed by atoms with E-state index in [2.05, 4.69) is 29.1 Å². The van der Waals surface area contributed by atoms with Gasteiger partial charge in [0.1, 0.15) is 5.82 Å². The second-order valence-corrected chi connectivity index (χ2v) is 5.06. The van der Waals surface area contributed by atoms with Gasteiger partial charge in [-0.25, -0.2) is 9.97 Å². The zero-order valence-electron chi connectivity index (χ0n) is 11.5. The molecule has 1 rings (SSSR count). The van der Waals surface area contributed by atoms with Crippen molar-refractivity contribution in [2.45, 2.75) is 46.3 Å². The first kappa shape index (κ1) is 15.9. The van der Waals surface area contributed by atoms with Crippen molar-refractivity contribution in [3.63, 3.8) is 0 Å². The number of nitrogens with one attached hydrogen (secondary N) is 1. The maximum absolute atomic E-state index is 12.2. The Morgan fingerprint density at radius 2 is 1.95 bits per heavy atom. The normalized spacial score (nSPS) is 12.2. The molecule has 0 saturated heterocycles. The van der Waals surface area contributed by atoms with Gasteiger partial charge in [-0.3, -0.25) is 0 Å². The van der Waals surface area contributed by atoms with Crippen molar-refractivity contribution in [1.82, 2.24) is 15.3 Å². The van der Waals surface area contributed by atoms with Gasteiger partial charge in [0.05, 0.1) is 12.1 Å². The highest BCUT2D eigenvalue weighted by molar-refractivity contribution is 5.10. The Kier molecular flexibility index (Phi) is 5.72. The predicted molar refractivity (Wildman–Crippen MR) is 67.7 cm³/mol. The number of aromatic nitrogens is 2. The van der Waals surface area contributed by atoms with Crippen molar-refractivity contribution in [2.24, 2.45) is 5.92 Å². The largest absolute Gasteiger partial charge is 0.389 e. The van der Waals surface area contributed by atoms with Crippen LogP contribution in [0, 0.1) is 12.8 Å². The molecule has 0 spiro atoms. The van der Waals surface area contributed by atoms with Crippen molar-refractivity contribution >= 4 is 0 Å².